The zero-order valence-corrected chi connectivity index (χ0v) is 10.0. The van der Waals surface area contributed by atoms with Crippen LogP contribution in [0.4, 0.5) is 4.39 Å². The van der Waals surface area contributed by atoms with E-state index in [0.29, 0.717) is 19.4 Å². The number of ether oxygens (including phenoxy) is 2. The Morgan fingerprint density at radius 2 is 2.18 bits per heavy atom. The maximum Gasteiger partial charge on any atom is 0.231 e. The van der Waals surface area contributed by atoms with Gasteiger partial charge in [-0.05, 0) is 30.5 Å². The molecule has 0 bridgehead atoms. The van der Waals surface area contributed by atoms with E-state index >= 15 is 0 Å². The van der Waals surface area contributed by atoms with Crippen LogP contribution in [0.1, 0.15) is 18.9 Å². The first-order chi connectivity index (χ1) is 8.33. The van der Waals surface area contributed by atoms with E-state index in [2.05, 4.69) is 12.2 Å². The van der Waals surface area contributed by atoms with Gasteiger partial charge in [0.2, 0.25) is 6.79 Å². The molecule has 0 amide bonds. The van der Waals surface area contributed by atoms with Crippen LogP contribution in [0.5, 0.6) is 11.5 Å². The zero-order chi connectivity index (χ0) is 12.1. The highest BCUT2D eigenvalue weighted by Gasteiger charge is 2.14. The molecule has 1 unspecified atom stereocenters. The molecule has 1 aromatic rings. The smallest absolute Gasteiger partial charge is 0.231 e. The average molecular weight is 239 g/mol. The second-order valence-corrected chi connectivity index (χ2v) is 4.14. The monoisotopic (exact) mass is 239 g/mol. The molecule has 17 heavy (non-hydrogen) atoms. The molecule has 1 atom stereocenters. The lowest BCUT2D eigenvalue weighted by Gasteiger charge is -2.16. The summed E-state index contributed by atoms with van der Waals surface area (Å²) in [6.07, 6.45) is 1.86. The lowest BCUT2D eigenvalue weighted by molar-refractivity contribution is 0.174. The van der Waals surface area contributed by atoms with Gasteiger partial charge in [0.1, 0.15) is 6.67 Å². The van der Waals surface area contributed by atoms with Crippen LogP contribution < -0.4 is 14.8 Å². The number of nitrogens with one attached hydrogen (secondary N) is 1. The molecule has 0 saturated carbocycles. The second kappa shape index (κ2) is 5.87. The Bertz CT molecular complexity index is 370. The van der Waals surface area contributed by atoms with Gasteiger partial charge < -0.3 is 14.8 Å². The molecule has 1 heterocycles. The third-order valence-electron chi connectivity index (χ3n) is 2.94. The van der Waals surface area contributed by atoms with E-state index in [1.807, 2.05) is 18.2 Å². The molecule has 3 nitrogen and oxygen atoms in total. The third-order valence-corrected chi connectivity index (χ3v) is 2.94. The van der Waals surface area contributed by atoms with Gasteiger partial charge in [0.15, 0.2) is 11.5 Å². The summed E-state index contributed by atoms with van der Waals surface area (Å²) in [6, 6.07) is 6.28. The standard InChI is InChI=1S/C13H18FNO2/c1-2-11(15-6-5-14)7-10-3-4-12-13(8-10)17-9-16-12/h3-4,8,11,15H,2,5-7,9H2,1H3. The molecule has 0 radical (unpaired) electrons. The van der Waals surface area contributed by atoms with E-state index in [1.165, 1.54) is 5.56 Å². The lowest BCUT2D eigenvalue weighted by atomic mass is 10.0. The van der Waals surface area contributed by atoms with Crippen LogP contribution in [0.15, 0.2) is 18.2 Å². The molecule has 0 aliphatic carbocycles. The molecule has 94 valence electrons. The second-order valence-electron chi connectivity index (χ2n) is 4.14. The molecule has 0 saturated heterocycles. The quantitative estimate of drug-likeness (QED) is 0.826. The largest absolute Gasteiger partial charge is 0.454 e. The minimum absolute atomic E-state index is 0.302. The highest BCUT2D eigenvalue weighted by Crippen LogP contribution is 2.32. The van der Waals surface area contributed by atoms with Gasteiger partial charge in [-0.1, -0.05) is 13.0 Å². The molecular weight excluding hydrogens is 221 g/mol. The van der Waals surface area contributed by atoms with E-state index in [-0.39, 0.29) is 6.67 Å². The molecule has 0 spiro atoms. The number of hydrogen-bond donors (Lipinski definition) is 1. The molecule has 1 aromatic carbocycles. The minimum Gasteiger partial charge on any atom is -0.454 e. The van der Waals surface area contributed by atoms with Crippen molar-refractivity contribution < 1.29 is 13.9 Å². The maximum atomic E-state index is 12.1. The van der Waals surface area contributed by atoms with Crippen molar-refractivity contribution in [3.8, 4) is 11.5 Å². The van der Waals surface area contributed by atoms with Crippen molar-refractivity contribution in [3.63, 3.8) is 0 Å². The molecular formula is C13H18FNO2. The number of halogens is 1. The molecule has 1 aliphatic rings. The fourth-order valence-electron chi connectivity index (χ4n) is 1.97. The SMILES string of the molecule is CCC(Cc1ccc2c(c1)OCO2)NCCF. The van der Waals surface area contributed by atoms with Crippen molar-refractivity contribution >= 4 is 0 Å². The Hall–Kier alpha value is -1.29. The van der Waals surface area contributed by atoms with Crippen LogP contribution in [0.2, 0.25) is 0 Å². The molecule has 0 aromatic heterocycles. The highest BCUT2D eigenvalue weighted by molar-refractivity contribution is 5.44. The third kappa shape index (κ3) is 3.09. The topological polar surface area (TPSA) is 30.5 Å². The summed E-state index contributed by atoms with van der Waals surface area (Å²) in [4.78, 5) is 0. The molecule has 1 aliphatic heterocycles. The van der Waals surface area contributed by atoms with Gasteiger partial charge in [0.05, 0.1) is 0 Å². The van der Waals surface area contributed by atoms with E-state index < -0.39 is 0 Å². The maximum absolute atomic E-state index is 12.1. The Morgan fingerprint density at radius 3 is 2.94 bits per heavy atom. The Labute approximate surface area is 101 Å². The van der Waals surface area contributed by atoms with Crippen LogP contribution in [0.25, 0.3) is 0 Å². The van der Waals surface area contributed by atoms with E-state index in [4.69, 9.17) is 9.47 Å². The first-order valence-corrected chi connectivity index (χ1v) is 6.01. The molecule has 4 heteroatoms. The van der Waals surface area contributed by atoms with Crippen molar-refractivity contribution in [1.29, 1.82) is 0 Å². The van der Waals surface area contributed by atoms with Crippen LogP contribution in [0, 0.1) is 0 Å². The number of benzene rings is 1. The Kier molecular flexibility index (Phi) is 4.20. The fraction of sp³-hybridized carbons (Fsp3) is 0.538. The first-order valence-electron chi connectivity index (χ1n) is 6.01. The van der Waals surface area contributed by atoms with Gasteiger partial charge in [-0.25, -0.2) is 4.39 Å². The summed E-state index contributed by atoms with van der Waals surface area (Å²) in [7, 11) is 0. The molecule has 1 N–H and O–H groups in total. The number of alkyl halides is 1. The number of hydrogen-bond acceptors (Lipinski definition) is 3. The van der Waals surface area contributed by atoms with Crippen molar-refractivity contribution in [2.45, 2.75) is 25.8 Å². The summed E-state index contributed by atoms with van der Waals surface area (Å²) in [6.45, 7) is 2.50. The van der Waals surface area contributed by atoms with Crippen LogP contribution in [-0.2, 0) is 6.42 Å². The average Bonchev–Trinajstić information content (AvgIpc) is 2.81. The zero-order valence-electron chi connectivity index (χ0n) is 10.0. The summed E-state index contributed by atoms with van der Waals surface area (Å²) in [5, 5.41) is 3.19. The predicted molar refractivity (Wildman–Crippen MR) is 64.3 cm³/mol. The summed E-state index contributed by atoms with van der Waals surface area (Å²) in [5.41, 5.74) is 1.19. The summed E-state index contributed by atoms with van der Waals surface area (Å²) >= 11 is 0. The van der Waals surface area contributed by atoms with Crippen LogP contribution in [-0.4, -0.2) is 26.1 Å². The van der Waals surface area contributed by atoms with E-state index in [1.54, 1.807) is 0 Å². The van der Waals surface area contributed by atoms with E-state index in [0.717, 1.165) is 24.3 Å². The van der Waals surface area contributed by atoms with Gasteiger partial charge in [0, 0.05) is 12.6 Å². The predicted octanol–water partition coefficient (Wildman–Crippen LogP) is 2.30. The van der Waals surface area contributed by atoms with Crippen molar-refractivity contribution in [3.05, 3.63) is 23.8 Å². The number of fused-ring (bicyclic) bond motifs is 1. The van der Waals surface area contributed by atoms with E-state index in [9.17, 15) is 4.39 Å². The number of rotatable bonds is 6. The normalized spacial score (nSPS) is 14.9. The van der Waals surface area contributed by atoms with Gasteiger partial charge in [-0.2, -0.15) is 0 Å². The van der Waals surface area contributed by atoms with Gasteiger partial charge in [-0.15, -0.1) is 0 Å². The molecule has 2 rings (SSSR count). The summed E-state index contributed by atoms with van der Waals surface area (Å²) < 4.78 is 22.7. The van der Waals surface area contributed by atoms with Crippen LogP contribution in [0.3, 0.4) is 0 Å². The Morgan fingerprint density at radius 1 is 1.35 bits per heavy atom. The van der Waals surface area contributed by atoms with Crippen molar-refractivity contribution in [1.82, 2.24) is 5.32 Å². The Balaban J connectivity index is 1.97. The van der Waals surface area contributed by atoms with Gasteiger partial charge in [0.25, 0.3) is 0 Å². The van der Waals surface area contributed by atoms with Crippen molar-refractivity contribution in [2.24, 2.45) is 0 Å². The summed E-state index contributed by atoms with van der Waals surface area (Å²) in [5.74, 6) is 1.61. The first kappa shape index (κ1) is 12.2. The molecule has 0 fully saturated rings. The van der Waals surface area contributed by atoms with Crippen LogP contribution >= 0.6 is 0 Å². The highest BCUT2D eigenvalue weighted by atomic mass is 19.1. The van der Waals surface area contributed by atoms with Gasteiger partial charge >= 0.3 is 0 Å². The fourth-order valence-corrected chi connectivity index (χ4v) is 1.97. The van der Waals surface area contributed by atoms with Crippen molar-refractivity contribution in [2.75, 3.05) is 20.0 Å². The lowest BCUT2D eigenvalue weighted by Crippen LogP contribution is -2.32. The van der Waals surface area contributed by atoms with Gasteiger partial charge in [-0.3, -0.25) is 0 Å². The minimum atomic E-state index is -0.322.